The van der Waals surface area contributed by atoms with Gasteiger partial charge in [0.2, 0.25) is 0 Å². The van der Waals surface area contributed by atoms with Crippen LogP contribution in [0.15, 0.2) is 0 Å². The van der Waals surface area contributed by atoms with Crippen molar-refractivity contribution in [2.24, 2.45) is 0 Å². The van der Waals surface area contributed by atoms with Crippen LogP contribution in [0.4, 0.5) is 0 Å². The highest BCUT2D eigenvalue weighted by molar-refractivity contribution is 4.47. The maximum absolute atomic E-state index is 8.63. The molecule has 2 heteroatoms. The first kappa shape index (κ1) is 15.9. The lowest BCUT2D eigenvalue weighted by Gasteiger charge is -2.22. The van der Waals surface area contributed by atoms with E-state index in [4.69, 9.17) is 5.11 Å². The fourth-order valence-electron chi connectivity index (χ4n) is 1.89. The fraction of sp³-hybridized carbons (Fsp3) is 0.929. The Labute approximate surface area is 102 Å². The highest BCUT2D eigenvalue weighted by Gasteiger charge is 2.05. The quantitative estimate of drug-likeness (QED) is 0.425. The zero-order valence-corrected chi connectivity index (χ0v) is 11.4. The molecule has 16 heavy (non-hydrogen) atoms. The summed E-state index contributed by atoms with van der Waals surface area (Å²) in [5.41, 5.74) is 0. The molecule has 0 unspecified atom stereocenters. The van der Waals surface area contributed by atoms with Crippen LogP contribution in [0.3, 0.4) is 0 Å². The predicted molar refractivity (Wildman–Crippen MR) is 71.0 cm³/mol. The molecule has 0 aromatic heterocycles. The Balaban J connectivity index is 2.99. The van der Waals surface area contributed by atoms with Gasteiger partial charge in [0.05, 0.1) is 20.6 Å². The zero-order chi connectivity index (χ0) is 12.3. The van der Waals surface area contributed by atoms with Crippen LogP contribution in [0.1, 0.15) is 57.8 Å². The van der Waals surface area contributed by atoms with Gasteiger partial charge in [-0.3, -0.25) is 0 Å². The van der Waals surface area contributed by atoms with E-state index < -0.39 is 0 Å². The van der Waals surface area contributed by atoms with E-state index in [1.165, 1.54) is 57.9 Å². The van der Waals surface area contributed by atoms with Crippen molar-refractivity contribution in [3.63, 3.8) is 0 Å². The molecule has 1 radical (unpaired) electrons. The van der Waals surface area contributed by atoms with E-state index in [1.54, 1.807) is 0 Å². The van der Waals surface area contributed by atoms with E-state index in [0.717, 1.165) is 10.9 Å². The molecule has 0 heterocycles. The van der Waals surface area contributed by atoms with Crippen molar-refractivity contribution in [1.82, 2.24) is 0 Å². The van der Waals surface area contributed by atoms with Gasteiger partial charge in [0.15, 0.2) is 0 Å². The van der Waals surface area contributed by atoms with Gasteiger partial charge in [-0.15, -0.1) is 0 Å². The average molecular weight is 229 g/mol. The maximum Gasteiger partial charge on any atom is 0.128 e. The van der Waals surface area contributed by atoms with Gasteiger partial charge in [-0.05, 0) is 19.3 Å². The molecule has 0 aliphatic heterocycles. The Bertz CT molecular complexity index is 140. The van der Waals surface area contributed by atoms with Gasteiger partial charge in [-0.25, -0.2) is 0 Å². The first-order valence-electron chi connectivity index (χ1n) is 6.84. The van der Waals surface area contributed by atoms with Crippen molar-refractivity contribution >= 4 is 0 Å². The van der Waals surface area contributed by atoms with Crippen LogP contribution in [-0.2, 0) is 0 Å². The second-order valence-corrected chi connectivity index (χ2v) is 5.56. The molecule has 0 rings (SSSR count). The lowest BCUT2D eigenvalue weighted by atomic mass is 10.1. The number of rotatable bonds is 11. The first-order valence-corrected chi connectivity index (χ1v) is 6.84. The van der Waals surface area contributed by atoms with Gasteiger partial charge >= 0.3 is 0 Å². The molecule has 0 aliphatic carbocycles. The minimum absolute atomic E-state index is 0.360. The third kappa shape index (κ3) is 13.9. The lowest BCUT2D eigenvalue weighted by molar-refractivity contribution is -0.845. The molecule has 0 atom stereocenters. The summed E-state index contributed by atoms with van der Waals surface area (Å²) < 4.78 is 0.848. The van der Waals surface area contributed by atoms with Gasteiger partial charge in [0.25, 0.3) is 0 Å². The largest absolute Gasteiger partial charge is 0.396 e. The van der Waals surface area contributed by atoms with Gasteiger partial charge in [0, 0.05) is 6.61 Å². The van der Waals surface area contributed by atoms with Crippen molar-refractivity contribution < 1.29 is 9.59 Å². The number of hydrogen-bond acceptors (Lipinski definition) is 1. The third-order valence-corrected chi connectivity index (χ3v) is 2.92. The Morgan fingerprint density at radius 2 is 1.12 bits per heavy atom. The van der Waals surface area contributed by atoms with Gasteiger partial charge in [-0.2, -0.15) is 0 Å². The highest BCUT2D eigenvalue weighted by Crippen LogP contribution is 2.10. The summed E-state index contributed by atoms with van der Waals surface area (Å²) >= 11 is 0. The van der Waals surface area contributed by atoms with E-state index in [2.05, 4.69) is 21.1 Å². The maximum atomic E-state index is 8.63. The molecule has 0 aliphatic rings. The van der Waals surface area contributed by atoms with E-state index >= 15 is 0 Å². The summed E-state index contributed by atoms with van der Waals surface area (Å²) in [6.45, 7) is 1.55. The molecule has 0 saturated heterocycles. The normalized spacial score (nSPS) is 12.0. The Kier molecular flexibility index (Phi) is 10.0. The molecule has 0 aromatic carbocycles. The van der Waals surface area contributed by atoms with E-state index in [0.29, 0.717) is 6.61 Å². The third-order valence-electron chi connectivity index (χ3n) is 2.92. The van der Waals surface area contributed by atoms with Gasteiger partial charge in [-0.1, -0.05) is 38.5 Å². The van der Waals surface area contributed by atoms with Crippen molar-refractivity contribution in [2.75, 3.05) is 27.2 Å². The summed E-state index contributed by atoms with van der Waals surface area (Å²) in [5.74, 6) is 0. The summed E-state index contributed by atoms with van der Waals surface area (Å²) in [6.07, 6.45) is 11.6. The SMILES string of the molecule is [CH2][N+](C)(C)CCCCCCCCCCCO. The molecule has 2 nitrogen and oxygen atoms in total. The van der Waals surface area contributed by atoms with Crippen molar-refractivity contribution in [2.45, 2.75) is 57.8 Å². The minimum Gasteiger partial charge on any atom is -0.396 e. The summed E-state index contributed by atoms with van der Waals surface area (Å²) in [6, 6.07) is 0. The molecular weight excluding hydrogens is 198 g/mol. The first-order chi connectivity index (χ1) is 7.56. The number of quaternary nitrogens is 1. The van der Waals surface area contributed by atoms with Crippen LogP contribution in [0.2, 0.25) is 0 Å². The molecular formula is C14H31NO+. The molecule has 0 spiro atoms. The molecule has 97 valence electrons. The van der Waals surface area contributed by atoms with E-state index in [-0.39, 0.29) is 0 Å². The molecule has 0 saturated carbocycles. The minimum atomic E-state index is 0.360. The lowest BCUT2D eigenvalue weighted by Crippen LogP contribution is -2.32. The zero-order valence-electron chi connectivity index (χ0n) is 11.4. The van der Waals surface area contributed by atoms with Crippen LogP contribution in [0.5, 0.6) is 0 Å². The molecule has 1 N–H and O–H groups in total. The molecule has 0 fully saturated rings. The smallest absolute Gasteiger partial charge is 0.128 e. The van der Waals surface area contributed by atoms with Crippen LogP contribution in [0.25, 0.3) is 0 Å². The highest BCUT2D eigenvalue weighted by atomic mass is 16.2. The van der Waals surface area contributed by atoms with Crippen molar-refractivity contribution in [3.05, 3.63) is 7.05 Å². The van der Waals surface area contributed by atoms with Crippen molar-refractivity contribution in [1.29, 1.82) is 0 Å². The van der Waals surface area contributed by atoms with E-state index in [1.807, 2.05) is 0 Å². The topological polar surface area (TPSA) is 20.2 Å². The predicted octanol–water partition coefficient (Wildman–Crippen LogP) is 3.36. The van der Waals surface area contributed by atoms with Crippen LogP contribution in [-0.4, -0.2) is 36.8 Å². The molecule has 0 aromatic rings. The number of aliphatic hydroxyl groups is 1. The number of hydrogen-bond donors (Lipinski definition) is 1. The van der Waals surface area contributed by atoms with E-state index in [9.17, 15) is 0 Å². The molecule has 0 amide bonds. The standard InChI is InChI=1S/C14H31NO/c1-15(2,3)13-11-9-7-5-4-6-8-10-12-14-16/h16H,1,4-14H2,2-3H3/q+1. The molecule has 0 bridgehead atoms. The Morgan fingerprint density at radius 1 is 0.750 bits per heavy atom. The van der Waals surface area contributed by atoms with Gasteiger partial charge < -0.3 is 9.59 Å². The van der Waals surface area contributed by atoms with Crippen molar-refractivity contribution in [3.8, 4) is 0 Å². The van der Waals surface area contributed by atoms with Gasteiger partial charge in [0.1, 0.15) is 7.05 Å². The second kappa shape index (κ2) is 10.1. The second-order valence-electron chi connectivity index (χ2n) is 5.56. The summed E-state index contributed by atoms with van der Waals surface area (Å²) in [7, 11) is 8.37. The monoisotopic (exact) mass is 229 g/mol. The Hall–Kier alpha value is -0.0800. The van der Waals surface area contributed by atoms with Crippen LogP contribution < -0.4 is 0 Å². The number of unbranched alkanes of at least 4 members (excludes halogenated alkanes) is 8. The number of aliphatic hydroxyl groups excluding tert-OH is 1. The number of nitrogens with zero attached hydrogens (tertiary/aromatic N) is 1. The van der Waals surface area contributed by atoms with Crippen LogP contribution in [0, 0.1) is 7.05 Å². The Morgan fingerprint density at radius 3 is 1.50 bits per heavy atom. The summed E-state index contributed by atoms with van der Waals surface area (Å²) in [5, 5.41) is 8.63. The van der Waals surface area contributed by atoms with Crippen LogP contribution >= 0.6 is 0 Å². The fourth-order valence-corrected chi connectivity index (χ4v) is 1.89. The summed E-state index contributed by atoms with van der Waals surface area (Å²) in [4.78, 5) is 0. The average Bonchev–Trinajstić information content (AvgIpc) is 2.19.